The van der Waals surface area contributed by atoms with E-state index in [4.69, 9.17) is 17.3 Å². The molecule has 19 heavy (non-hydrogen) atoms. The molecule has 1 heterocycles. The first-order chi connectivity index (χ1) is 9.17. The van der Waals surface area contributed by atoms with E-state index in [1.165, 1.54) is 0 Å². The minimum absolute atomic E-state index is 0.311. The van der Waals surface area contributed by atoms with E-state index in [0.717, 1.165) is 30.7 Å². The van der Waals surface area contributed by atoms with Crippen molar-refractivity contribution < 1.29 is 0 Å². The highest BCUT2D eigenvalue weighted by molar-refractivity contribution is 6.33. The van der Waals surface area contributed by atoms with Crippen LogP contribution >= 0.6 is 11.6 Å². The van der Waals surface area contributed by atoms with Gasteiger partial charge in [-0.2, -0.15) is 0 Å². The summed E-state index contributed by atoms with van der Waals surface area (Å²) in [5.74, 6) is 0.738. The lowest BCUT2D eigenvalue weighted by atomic mass is 10.1. The van der Waals surface area contributed by atoms with Crippen LogP contribution in [0.3, 0.4) is 0 Å². The second kappa shape index (κ2) is 6.02. The van der Waals surface area contributed by atoms with E-state index >= 15 is 0 Å². The topological polar surface area (TPSA) is 69.6 Å². The number of benzene rings is 1. The third-order valence-corrected chi connectivity index (χ3v) is 3.52. The molecule has 0 aliphatic heterocycles. The van der Waals surface area contributed by atoms with Gasteiger partial charge in [0, 0.05) is 5.56 Å². The van der Waals surface area contributed by atoms with Crippen LogP contribution in [-0.4, -0.2) is 20.2 Å². The van der Waals surface area contributed by atoms with Crippen LogP contribution in [0.5, 0.6) is 0 Å². The molecule has 2 N–H and O–H groups in total. The summed E-state index contributed by atoms with van der Waals surface area (Å²) in [5, 5.41) is 12.5. The fourth-order valence-electron chi connectivity index (χ4n) is 2.13. The molecule has 6 heteroatoms. The Bertz CT molecular complexity index is 552. The first-order valence-corrected chi connectivity index (χ1v) is 6.88. The third-order valence-electron chi connectivity index (χ3n) is 3.19. The summed E-state index contributed by atoms with van der Waals surface area (Å²) in [6.45, 7) is 4.30. The van der Waals surface area contributed by atoms with Gasteiger partial charge >= 0.3 is 0 Å². The van der Waals surface area contributed by atoms with Crippen LogP contribution in [0.15, 0.2) is 18.2 Å². The zero-order valence-electron chi connectivity index (χ0n) is 11.2. The van der Waals surface area contributed by atoms with E-state index in [1.807, 2.05) is 10.7 Å². The minimum Gasteiger partial charge on any atom is -0.398 e. The number of rotatable bonds is 5. The number of nitrogens with two attached hydrogens (primary N) is 1. The molecule has 2 rings (SSSR count). The molecule has 0 fully saturated rings. The first-order valence-electron chi connectivity index (χ1n) is 6.50. The zero-order valence-corrected chi connectivity index (χ0v) is 11.9. The summed E-state index contributed by atoms with van der Waals surface area (Å²) in [5.41, 5.74) is 7.17. The van der Waals surface area contributed by atoms with Crippen LogP contribution in [0.2, 0.25) is 5.02 Å². The van der Waals surface area contributed by atoms with Crippen molar-refractivity contribution in [1.82, 2.24) is 20.2 Å². The maximum atomic E-state index is 6.05. The summed E-state index contributed by atoms with van der Waals surface area (Å²) in [6.07, 6.45) is 3.14. The lowest BCUT2D eigenvalue weighted by molar-refractivity contribution is 0.404. The number of anilines is 1. The molecule has 1 aromatic heterocycles. The van der Waals surface area contributed by atoms with Gasteiger partial charge in [-0.3, -0.25) is 0 Å². The largest absolute Gasteiger partial charge is 0.398 e. The Kier molecular flexibility index (Phi) is 4.37. The van der Waals surface area contributed by atoms with Crippen LogP contribution in [0.25, 0.3) is 11.4 Å². The molecule has 0 amide bonds. The van der Waals surface area contributed by atoms with Crippen molar-refractivity contribution in [3.05, 3.63) is 23.2 Å². The maximum absolute atomic E-state index is 6.05. The molecule has 1 aromatic carbocycles. The number of tetrazole rings is 1. The maximum Gasteiger partial charge on any atom is 0.182 e. The van der Waals surface area contributed by atoms with Crippen LogP contribution in [0, 0.1) is 0 Å². The third kappa shape index (κ3) is 2.87. The molecular formula is C13H18ClN5. The molecule has 1 unspecified atom stereocenters. The predicted molar refractivity (Wildman–Crippen MR) is 76.9 cm³/mol. The minimum atomic E-state index is 0.311. The molecule has 5 nitrogen and oxygen atoms in total. The van der Waals surface area contributed by atoms with Gasteiger partial charge in [0.05, 0.1) is 16.8 Å². The summed E-state index contributed by atoms with van der Waals surface area (Å²) in [6, 6.07) is 5.78. The Labute approximate surface area is 117 Å². The van der Waals surface area contributed by atoms with Gasteiger partial charge < -0.3 is 5.73 Å². The Morgan fingerprint density at radius 1 is 1.37 bits per heavy atom. The molecule has 2 aromatic rings. The standard InChI is InChI=1S/C13H18ClN5/c1-3-5-10(4-2)19-13(16-17-18-19)9-6-7-12(15)11(14)8-9/h6-8,10H,3-5,15H2,1-2H3. The number of aromatic nitrogens is 4. The molecule has 0 saturated carbocycles. The van der Waals surface area contributed by atoms with E-state index in [0.29, 0.717) is 16.8 Å². The van der Waals surface area contributed by atoms with Gasteiger partial charge in [-0.1, -0.05) is 31.9 Å². The zero-order chi connectivity index (χ0) is 13.8. The first kappa shape index (κ1) is 13.8. The van der Waals surface area contributed by atoms with Crippen molar-refractivity contribution >= 4 is 17.3 Å². The van der Waals surface area contributed by atoms with E-state index in [2.05, 4.69) is 29.4 Å². The van der Waals surface area contributed by atoms with Crippen molar-refractivity contribution in [3.8, 4) is 11.4 Å². The average molecular weight is 280 g/mol. The Balaban J connectivity index is 2.40. The Hall–Kier alpha value is -1.62. The van der Waals surface area contributed by atoms with Gasteiger partial charge in [0.25, 0.3) is 0 Å². The van der Waals surface area contributed by atoms with E-state index in [9.17, 15) is 0 Å². The molecular weight excluding hydrogens is 262 g/mol. The van der Waals surface area contributed by atoms with Crippen molar-refractivity contribution in [1.29, 1.82) is 0 Å². The number of hydrogen-bond acceptors (Lipinski definition) is 4. The second-order valence-corrected chi connectivity index (χ2v) is 4.94. The molecule has 0 bridgehead atoms. The van der Waals surface area contributed by atoms with Crippen LogP contribution in [0.4, 0.5) is 5.69 Å². The van der Waals surface area contributed by atoms with Crippen molar-refractivity contribution in [2.45, 2.75) is 39.2 Å². The van der Waals surface area contributed by atoms with E-state index < -0.39 is 0 Å². The lowest BCUT2D eigenvalue weighted by Crippen LogP contribution is -2.11. The van der Waals surface area contributed by atoms with Gasteiger partial charge in [-0.25, -0.2) is 4.68 Å². The van der Waals surface area contributed by atoms with Crippen molar-refractivity contribution in [2.75, 3.05) is 5.73 Å². The van der Waals surface area contributed by atoms with Crippen LogP contribution < -0.4 is 5.73 Å². The second-order valence-electron chi connectivity index (χ2n) is 4.53. The van der Waals surface area contributed by atoms with E-state index in [-0.39, 0.29) is 0 Å². The Morgan fingerprint density at radius 2 is 2.16 bits per heavy atom. The quantitative estimate of drug-likeness (QED) is 0.852. The molecule has 1 atom stereocenters. The van der Waals surface area contributed by atoms with Gasteiger partial charge in [0.15, 0.2) is 5.82 Å². The summed E-state index contributed by atoms with van der Waals surface area (Å²) >= 11 is 6.05. The van der Waals surface area contributed by atoms with Gasteiger partial charge in [0.2, 0.25) is 0 Å². The van der Waals surface area contributed by atoms with Crippen molar-refractivity contribution in [3.63, 3.8) is 0 Å². The number of nitrogen functional groups attached to an aromatic ring is 1. The summed E-state index contributed by atoms with van der Waals surface area (Å²) in [7, 11) is 0. The molecule has 0 spiro atoms. The normalized spacial score (nSPS) is 12.6. The highest BCUT2D eigenvalue weighted by atomic mass is 35.5. The fourth-order valence-corrected chi connectivity index (χ4v) is 2.31. The fraction of sp³-hybridized carbons (Fsp3) is 0.462. The smallest absolute Gasteiger partial charge is 0.182 e. The van der Waals surface area contributed by atoms with Gasteiger partial charge in [-0.05, 0) is 41.5 Å². The molecule has 0 aliphatic rings. The monoisotopic (exact) mass is 279 g/mol. The average Bonchev–Trinajstić information content (AvgIpc) is 2.88. The number of nitrogens with zero attached hydrogens (tertiary/aromatic N) is 4. The highest BCUT2D eigenvalue weighted by Gasteiger charge is 2.16. The lowest BCUT2D eigenvalue weighted by Gasteiger charge is -2.15. The summed E-state index contributed by atoms with van der Waals surface area (Å²) in [4.78, 5) is 0. The number of hydrogen-bond donors (Lipinski definition) is 1. The molecule has 0 aliphatic carbocycles. The van der Waals surface area contributed by atoms with Crippen LogP contribution in [0.1, 0.15) is 39.2 Å². The summed E-state index contributed by atoms with van der Waals surface area (Å²) < 4.78 is 1.88. The molecule has 102 valence electrons. The predicted octanol–water partition coefficient (Wildman–Crippen LogP) is 3.33. The van der Waals surface area contributed by atoms with Crippen LogP contribution in [-0.2, 0) is 0 Å². The van der Waals surface area contributed by atoms with E-state index in [1.54, 1.807) is 12.1 Å². The highest BCUT2D eigenvalue weighted by Crippen LogP contribution is 2.28. The van der Waals surface area contributed by atoms with Gasteiger partial charge in [-0.15, -0.1) is 5.10 Å². The molecule has 0 saturated heterocycles. The molecule has 0 radical (unpaired) electrons. The van der Waals surface area contributed by atoms with Crippen molar-refractivity contribution in [2.24, 2.45) is 0 Å². The SMILES string of the molecule is CCCC(CC)n1nnnc1-c1ccc(N)c(Cl)c1. The van der Waals surface area contributed by atoms with Gasteiger partial charge in [0.1, 0.15) is 0 Å². The Morgan fingerprint density at radius 3 is 2.79 bits per heavy atom. The number of halogens is 1.